The number of rotatable bonds is 6. The first-order valence-corrected chi connectivity index (χ1v) is 7.75. The Bertz CT molecular complexity index is 584. The summed E-state index contributed by atoms with van der Waals surface area (Å²) in [5.74, 6) is 0.310. The van der Waals surface area contributed by atoms with Crippen LogP contribution in [0, 0.1) is 0 Å². The van der Waals surface area contributed by atoms with Gasteiger partial charge in [-0.05, 0) is 55.2 Å². The Labute approximate surface area is 135 Å². The number of phenols is 1. The third kappa shape index (κ3) is 5.24. The summed E-state index contributed by atoms with van der Waals surface area (Å²) in [4.78, 5) is 0. The van der Waals surface area contributed by atoms with Crippen molar-refractivity contribution < 1.29 is 5.11 Å². The van der Waals surface area contributed by atoms with E-state index in [2.05, 4.69) is 12.2 Å². The van der Waals surface area contributed by atoms with Gasteiger partial charge in [-0.2, -0.15) is 0 Å². The van der Waals surface area contributed by atoms with Gasteiger partial charge in [0.1, 0.15) is 5.75 Å². The summed E-state index contributed by atoms with van der Waals surface area (Å²) in [6.07, 6.45) is 2.02. The molecule has 4 heteroatoms. The predicted octanol–water partition coefficient (Wildman–Crippen LogP) is 4.81. The first-order valence-electron chi connectivity index (χ1n) is 7.00. The molecule has 0 fully saturated rings. The molecule has 112 valence electrons. The SMILES string of the molecule is CC(CCc1ccc(O)cc1)NCc1ccc(Cl)c(Cl)c1. The Morgan fingerprint density at radius 3 is 2.33 bits per heavy atom. The lowest BCUT2D eigenvalue weighted by Crippen LogP contribution is -2.25. The van der Waals surface area contributed by atoms with Crippen LogP contribution in [-0.2, 0) is 13.0 Å². The molecule has 1 unspecified atom stereocenters. The van der Waals surface area contributed by atoms with Crippen LogP contribution in [0.25, 0.3) is 0 Å². The smallest absolute Gasteiger partial charge is 0.115 e. The summed E-state index contributed by atoms with van der Waals surface area (Å²) in [7, 11) is 0. The molecule has 0 aliphatic carbocycles. The van der Waals surface area contributed by atoms with Gasteiger partial charge in [-0.25, -0.2) is 0 Å². The highest BCUT2D eigenvalue weighted by atomic mass is 35.5. The second kappa shape index (κ2) is 7.69. The van der Waals surface area contributed by atoms with Crippen LogP contribution in [0.2, 0.25) is 10.0 Å². The zero-order valence-electron chi connectivity index (χ0n) is 11.9. The second-order valence-electron chi connectivity index (χ2n) is 5.24. The van der Waals surface area contributed by atoms with Crippen molar-refractivity contribution in [2.45, 2.75) is 32.4 Å². The molecule has 0 aliphatic heterocycles. The molecule has 0 amide bonds. The Hall–Kier alpha value is -1.22. The van der Waals surface area contributed by atoms with E-state index in [0.717, 1.165) is 24.9 Å². The molecule has 0 heterocycles. The van der Waals surface area contributed by atoms with Gasteiger partial charge in [-0.15, -0.1) is 0 Å². The number of hydrogen-bond donors (Lipinski definition) is 2. The summed E-state index contributed by atoms with van der Waals surface area (Å²) in [6, 6.07) is 13.5. The van der Waals surface area contributed by atoms with Crippen LogP contribution in [-0.4, -0.2) is 11.1 Å². The maximum Gasteiger partial charge on any atom is 0.115 e. The predicted molar refractivity (Wildman–Crippen MR) is 89.2 cm³/mol. The Balaban J connectivity index is 1.77. The molecule has 0 saturated heterocycles. The van der Waals surface area contributed by atoms with Crippen LogP contribution >= 0.6 is 23.2 Å². The number of aryl methyl sites for hydroxylation is 1. The molecule has 0 saturated carbocycles. The van der Waals surface area contributed by atoms with Crippen LogP contribution < -0.4 is 5.32 Å². The van der Waals surface area contributed by atoms with E-state index in [1.165, 1.54) is 5.56 Å². The zero-order chi connectivity index (χ0) is 15.2. The highest BCUT2D eigenvalue weighted by Gasteiger charge is 2.04. The van der Waals surface area contributed by atoms with E-state index in [4.69, 9.17) is 23.2 Å². The molecular formula is C17H19Cl2NO. The normalized spacial score (nSPS) is 12.3. The van der Waals surface area contributed by atoms with Crippen LogP contribution in [0.15, 0.2) is 42.5 Å². The lowest BCUT2D eigenvalue weighted by atomic mass is 10.1. The third-order valence-electron chi connectivity index (χ3n) is 3.44. The minimum absolute atomic E-state index is 0.310. The van der Waals surface area contributed by atoms with E-state index in [0.29, 0.717) is 21.8 Å². The van der Waals surface area contributed by atoms with Crippen molar-refractivity contribution in [1.82, 2.24) is 5.32 Å². The van der Waals surface area contributed by atoms with Crippen molar-refractivity contribution >= 4 is 23.2 Å². The van der Waals surface area contributed by atoms with Crippen LogP contribution in [0.1, 0.15) is 24.5 Å². The maximum atomic E-state index is 9.25. The molecule has 0 spiro atoms. The Morgan fingerprint density at radius 1 is 1.00 bits per heavy atom. The van der Waals surface area contributed by atoms with Crippen LogP contribution in [0.3, 0.4) is 0 Å². The summed E-state index contributed by atoms with van der Waals surface area (Å²) < 4.78 is 0. The van der Waals surface area contributed by atoms with E-state index in [-0.39, 0.29) is 0 Å². The van der Waals surface area contributed by atoms with Crippen molar-refractivity contribution in [2.75, 3.05) is 0 Å². The number of phenolic OH excluding ortho intramolecular Hbond substituents is 1. The molecule has 0 aliphatic rings. The van der Waals surface area contributed by atoms with Crippen molar-refractivity contribution in [2.24, 2.45) is 0 Å². The Kier molecular flexibility index (Phi) is 5.92. The number of aromatic hydroxyl groups is 1. The largest absolute Gasteiger partial charge is 0.508 e. The molecule has 0 aromatic heterocycles. The second-order valence-corrected chi connectivity index (χ2v) is 6.05. The molecule has 0 radical (unpaired) electrons. The topological polar surface area (TPSA) is 32.3 Å². The van der Waals surface area contributed by atoms with Gasteiger partial charge in [0.25, 0.3) is 0 Å². The van der Waals surface area contributed by atoms with E-state index >= 15 is 0 Å². The number of benzene rings is 2. The van der Waals surface area contributed by atoms with E-state index < -0.39 is 0 Å². The molecular weight excluding hydrogens is 305 g/mol. The van der Waals surface area contributed by atoms with Gasteiger partial charge in [0, 0.05) is 12.6 Å². The van der Waals surface area contributed by atoms with E-state index in [1.54, 1.807) is 12.1 Å². The van der Waals surface area contributed by atoms with Gasteiger partial charge in [0.15, 0.2) is 0 Å². The van der Waals surface area contributed by atoms with Crippen molar-refractivity contribution in [3.63, 3.8) is 0 Å². The van der Waals surface area contributed by atoms with Gasteiger partial charge in [0.05, 0.1) is 10.0 Å². The molecule has 2 N–H and O–H groups in total. The number of hydrogen-bond acceptors (Lipinski definition) is 2. The molecule has 2 aromatic rings. The molecule has 2 rings (SSSR count). The fourth-order valence-electron chi connectivity index (χ4n) is 2.09. The van der Waals surface area contributed by atoms with Gasteiger partial charge < -0.3 is 10.4 Å². The molecule has 21 heavy (non-hydrogen) atoms. The average molecular weight is 324 g/mol. The summed E-state index contributed by atoms with van der Waals surface area (Å²) in [6.45, 7) is 2.94. The first kappa shape index (κ1) is 16.2. The third-order valence-corrected chi connectivity index (χ3v) is 4.18. The van der Waals surface area contributed by atoms with Gasteiger partial charge in [-0.3, -0.25) is 0 Å². The lowest BCUT2D eigenvalue weighted by Gasteiger charge is -2.14. The fourth-order valence-corrected chi connectivity index (χ4v) is 2.41. The maximum absolute atomic E-state index is 9.25. The van der Waals surface area contributed by atoms with E-state index in [1.807, 2.05) is 30.3 Å². The van der Waals surface area contributed by atoms with Gasteiger partial charge in [-0.1, -0.05) is 41.4 Å². The van der Waals surface area contributed by atoms with Crippen molar-refractivity contribution in [3.05, 3.63) is 63.6 Å². The number of nitrogens with one attached hydrogen (secondary N) is 1. The summed E-state index contributed by atoms with van der Waals surface area (Å²) in [5, 5.41) is 13.9. The van der Waals surface area contributed by atoms with Crippen LogP contribution in [0.5, 0.6) is 5.75 Å². The highest BCUT2D eigenvalue weighted by molar-refractivity contribution is 6.42. The fraction of sp³-hybridized carbons (Fsp3) is 0.294. The van der Waals surface area contributed by atoms with Crippen molar-refractivity contribution in [3.8, 4) is 5.75 Å². The summed E-state index contributed by atoms with van der Waals surface area (Å²) >= 11 is 11.9. The highest BCUT2D eigenvalue weighted by Crippen LogP contribution is 2.22. The minimum Gasteiger partial charge on any atom is -0.508 e. The Morgan fingerprint density at radius 2 is 1.67 bits per heavy atom. The van der Waals surface area contributed by atoms with E-state index in [9.17, 15) is 5.11 Å². The molecule has 2 nitrogen and oxygen atoms in total. The molecule has 2 aromatic carbocycles. The van der Waals surface area contributed by atoms with Crippen molar-refractivity contribution in [1.29, 1.82) is 0 Å². The zero-order valence-corrected chi connectivity index (χ0v) is 13.5. The standard InChI is InChI=1S/C17H19Cl2NO/c1-12(2-3-13-4-7-15(21)8-5-13)20-11-14-6-9-16(18)17(19)10-14/h4-10,12,20-21H,2-3,11H2,1H3. The number of halogens is 2. The average Bonchev–Trinajstić information content (AvgIpc) is 2.48. The first-order chi connectivity index (χ1) is 10.0. The quantitative estimate of drug-likeness (QED) is 0.799. The monoisotopic (exact) mass is 323 g/mol. The minimum atomic E-state index is 0.310. The van der Waals surface area contributed by atoms with Gasteiger partial charge >= 0.3 is 0 Å². The molecule has 0 bridgehead atoms. The lowest BCUT2D eigenvalue weighted by molar-refractivity contribution is 0.474. The van der Waals surface area contributed by atoms with Gasteiger partial charge in [0.2, 0.25) is 0 Å². The molecule has 1 atom stereocenters. The summed E-state index contributed by atoms with van der Waals surface area (Å²) in [5.41, 5.74) is 2.36. The van der Waals surface area contributed by atoms with Crippen LogP contribution in [0.4, 0.5) is 0 Å².